The Morgan fingerprint density at radius 2 is 2.00 bits per heavy atom. The Labute approximate surface area is 116 Å². The number of hydrogen-bond acceptors (Lipinski definition) is 3. The summed E-state index contributed by atoms with van der Waals surface area (Å²) >= 11 is 0. The summed E-state index contributed by atoms with van der Waals surface area (Å²) in [5, 5.41) is 2.45. The first-order valence-corrected chi connectivity index (χ1v) is 6.15. The average molecular weight is 274 g/mol. The molecule has 104 valence electrons. The molecule has 5 heteroatoms. The molecule has 4 nitrogen and oxygen atoms in total. The Morgan fingerprint density at radius 1 is 1.20 bits per heavy atom. The number of carbonyl (C=O) groups is 1. The number of hydrogen-bond donors (Lipinski definition) is 2. The van der Waals surface area contributed by atoms with Crippen molar-refractivity contribution >= 4 is 11.6 Å². The smallest absolute Gasteiger partial charge is 0.262 e. The molecule has 0 fully saturated rings. The molecule has 0 aliphatic heterocycles. The molecule has 0 saturated carbocycles. The van der Waals surface area contributed by atoms with Crippen LogP contribution in [-0.2, 0) is 11.3 Å². The van der Waals surface area contributed by atoms with Crippen molar-refractivity contribution in [3.8, 4) is 5.75 Å². The summed E-state index contributed by atoms with van der Waals surface area (Å²) < 4.78 is 18.7. The number of para-hydroxylation sites is 1. The second-order valence-electron chi connectivity index (χ2n) is 4.17. The number of anilines is 1. The Bertz CT molecular complexity index is 602. The molecule has 0 aliphatic rings. The van der Waals surface area contributed by atoms with Crippen LogP contribution in [0.2, 0.25) is 0 Å². The van der Waals surface area contributed by atoms with Crippen molar-refractivity contribution in [2.45, 2.75) is 6.54 Å². The first-order valence-electron chi connectivity index (χ1n) is 6.15. The van der Waals surface area contributed by atoms with Crippen LogP contribution < -0.4 is 15.8 Å². The van der Waals surface area contributed by atoms with Crippen molar-refractivity contribution in [3.63, 3.8) is 0 Å². The molecule has 0 atom stereocenters. The third kappa shape index (κ3) is 3.80. The van der Waals surface area contributed by atoms with Gasteiger partial charge in [-0.15, -0.1) is 0 Å². The lowest BCUT2D eigenvalue weighted by molar-refractivity contribution is -0.118. The van der Waals surface area contributed by atoms with Crippen molar-refractivity contribution < 1.29 is 13.9 Å². The third-order valence-corrected chi connectivity index (χ3v) is 2.65. The van der Waals surface area contributed by atoms with E-state index in [9.17, 15) is 9.18 Å². The summed E-state index contributed by atoms with van der Waals surface area (Å²) in [6, 6.07) is 13.1. The van der Waals surface area contributed by atoms with Crippen LogP contribution in [0, 0.1) is 5.82 Å². The Kier molecular flexibility index (Phi) is 4.68. The average Bonchev–Trinajstić information content (AvgIpc) is 2.48. The van der Waals surface area contributed by atoms with Crippen LogP contribution in [0.1, 0.15) is 5.56 Å². The second kappa shape index (κ2) is 6.68. The number of benzene rings is 2. The Hall–Kier alpha value is -2.40. The molecule has 1 amide bonds. The van der Waals surface area contributed by atoms with E-state index in [2.05, 4.69) is 5.32 Å². The monoisotopic (exact) mass is 274 g/mol. The van der Waals surface area contributed by atoms with Crippen molar-refractivity contribution in [3.05, 3.63) is 59.9 Å². The number of nitrogens with two attached hydrogens (primary N) is 1. The summed E-state index contributed by atoms with van der Waals surface area (Å²) in [5.41, 5.74) is 6.57. The van der Waals surface area contributed by atoms with E-state index in [1.54, 1.807) is 30.3 Å². The number of halogens is 1. The van der Waals surface area contributed by atoms with Crippen LogP contribution in [0.5, 0.6) is 5.75 Å². The van der Waals surface area contributed by atoms with Crippen molar-refractivity contribution in [2.75, 3.05) is 11.9 Å². The van der Waals surface area contributed by atoms with Crippen LogP contribution in [0.4, 0.5) is 10.1 Å². The minimum Gasteiger partial charge on any atom is -0.484 e. The van der Waals surface area contributed by atoms with Gasteiger partial charge in [0.1, 0.15) is 11.6 Å². The number of rotatable bonds is 5. The molecule has 0 spiro atoms. The highest BCUT2D eigenvalue weighted by Crippen LogP contribution is 2.14. The van der Waals surface area contributed by atoms with Gasteiger partial charge in [0, 0.05) is 6.54 Å². The lowest BCUT2D eigenvalue weighted by atomic mass is 10.2. The van der Waals surface area contributed by atoms with Gasteiger partial charge in [0.05, 0.1) is 5.69 Å². The number of amides is 1. The molecule has 0 heterocycles. The van der Waals surface area contributed by atoms with E-state index >= 15 is 0 Å². The van der Waals surface area contributed by atoms with Crippen LogP contribution in [0.25, 0.3) is 0 Å². The quantitative estimate of drug-likeness (QED) is 0.879. The van der Waals surface area contributed by atoms with Crippen LogP contribution in [-0.4, -0.2) is 12.5 Å². The fourth-order valence-corrected chi connectivity index (χ4v) is 1.66. The summed E-state index contributed by atoms with van der Waals surface area (Å²) in [7, 11) is 0. The predicted molar refractivity (Wildman–Crippen MR) is 74.9 cm³/mol. The third-order valence-electron chi connectivity index (χ3n) is 2.65. The minimum atomic E-state index is -0.481. The fraction of sp³-hybridized carbons (Fsp3) is 0.133. The topological polar surface area (TPSA) is 64.3 Å². The molecular formula is C15H15FN2O2. The van der Waals surface area contributed by atoms with Crippen LogP contribution in [0.3, 0.4) is 0 Å². The van der Waals surface area contributed by atoms with Crippen molar-refractivity contribution in [2.24, 2.45) is 5.73 Å². The molecule has 0 radical (unpaired) electrons. The van der Waals surface area contributed by atoms with E-state index in [1.807, 2.05) is 6.07 Å². The summed E-state index contributed by atoms with van der Waals surface area (Å²) in [6.07, 6.45) is 0. The van der Waals surface area contributed by atoms with E-state index in [0.29, 0.717) is 12.3 Å². The van der Waals surface area contributed by atoms with Gasteiger partial charge in [0.2, 0.25) is 0 Å². The molecule has 0 saturated heterocycles. The molecule has 0 bridgehead atoms. The normalized spacial score (nSPS) is 10.1. The van der Waals surface area contributed by atoms with Gasteiger partial charge in [-0.05, 0) is 29.8 Å². The first-order chi connectivity index (χ1) is 9.69. The van der Waals surface area contributed by atoms with Gasteiger partial charge in [-0.25, -0.2) is 4.39 Å². The van der Waals surface area contributed by atoms with Gasteiger partial charge in [-0.2, -0.15) is 0 Å². The van der Waals surface area contributed by atoms with Gasteiger partial charge < -0.3 is 15.8 Å². The maximum absolute atomic E-state index is 13.3. The van der Waals surface area contributed by atoms with Crippen LogP contribution >= 0.6 is 0 Å². The highest BCUT2D eigenvalue weighted by atomic mass is 19.1. The fourth-order valence-electron chi connectivity index (χ4n) is 1.66. The molecule has 2 aromatic rings. The van der Waals surface area contributed by atoms with E-state index in [0.717, 1.165) is 5.56 Å². The zero-order valence-electron chi connectivity index (χ0n) is 10.8. The molecule has 0 aromatic heterocycles. The Balaban J connectivity index is 1.90. The number of nitrogens with one attached hydrogen (secondary N) is 1. The molecule has 0 aliphatic carbocycles. The molecule has 0 unspecified atom stereocenters. The van der Waals surface area contributed by atoms with Gasteiger partial charge >= 0.3 is 0 Å². The Morgan fingerprint density at radius 3 is 2.75 bits per heavy atom. The maximum atomic E-state index is 13.3. The van der Waals surface area contributed by atoms with Gasteiger partial charge in [0.25, 0.3) is 5.91 Å². The number of carbonyl (C=O) groups excluding carboxylic acids is 1. The van der Waals surface area contributed by atoms with Crippen LogP contribution in [0.15, 0.2) is 48.5 Å². The summed E-state index contributed by atoms with van der Waals surface area (Å²) in [4.78, 5) is 11.7. The lowest BCUT2D eigenvalue weighted by Crippen LogP contribution is -2.20. The molecule has 3 N–H and O–H groups in total. The standard InChI is InChI=1S/C15H15FN2O2/c16-13-6-1-2-7-14(13)18-15(19)10-20-12-5-3-4-11(8-12)9-17/h1-8H,9-10,17H2,(H,18,19). The lowest BCUT2D eigenvalue weighted by Gasteiger charge is -2.08. The van der Waals surface area contributed by atoms with Gasteiger partial charge in [-0.3, -0.25) is 4.79 Å². The maximum Gasteiger partial charge on any atom is 0.262 e. The van der Waals surface area contributed by atoms with Crippen molar-refractivity contribution in [1.29, 1.82) is 0 Å². The molecular weight excluding hydrogens is 259 g/mol. The van der Waals surface area contributed by atoms with E-state index in [1.165, 1.54) is 12.1 Å². The van der Waals surface area contributed by atoms with Gasteiger partial charge in [-0.1, -0.05) is 24.3 Å². The molecule has 2 aromatic carbocycles. The van der Waals surface area contributed by atoms with E-state index < -0.39 is 11.7 Å². The highest BCUT2D eigenvalue weighted by molar-refractivity contribution is 5.91. The highest BCUT2D eigenvalue weighted by Gasteiger charge is 2.07. The number of ether oxygens (including phenoxy) is 1. The van der Waals surface area contributed by atoms with Crippen molar-refractivity contribution in [1.82, 2.24) is 0 Å². The first kappa shape index (κ1) is 14.0. The zero-order valence-corrected chi connectivity index (χ0v) is 10.8. The molecule has 20 heavy (non-hydrogen) atoms. The summed E-state index contributed by atoms with van der Waals surface area (Å²) in [6.45, 7) is 0.209. The van der Waals surface area contributed by atoms with Gasteiger partial charge in [0.15, 0.2) is 6.61 Å². The largest absolute Gasteiger partial charge is 0.484 e. The summed E-state index contributed by atoms with van der Waals surface area (Å²) in [5.74, 6) is -0.351. The van der Waals surface area contributed by atoms with E-state index in [4.69, 9.17) is 10.5 Å². The second-order valence-corrected chi connectivity index (χ2v) is 4.17. The minimum absolute atomic E-state index is 0.136. The predicted octanol–water partition coefficient (Wildman–Crippen LogP) is 2.30. The molecule has 2 rings (SSSR count). The van der Waals surface area contributed by atoms with E-state index in [-0.39, 0.29) is 12.3 Å². The SMILES string of the molecule is NCc1cccc(OCC(=O)Nc2ccccc2F)c1. The zero-order chi connectivity index (χ0) is 14.4.